The smallest absolute Gasteiger partial charge is 0.279 e. The first kappa shape index (κ1) is 14.4. The Morgan fingerprint density at radius 1 is 1.60 bits per heavy atom. The number of amides is 2. The number of rotatable bonds is 3. The van der Waals surface area contributed by atoms with E-state index in [1.165, 1.54) is 0 Å². The van der Waals surface area contributed by atoms with Crippen LogP contribution in [-0.4, -0.2) is 39.6 Å². The van der Waals surface area contributed by atoms with E-state index in [4.69, 9.17) is 5.11 Å². The molecular weight excluding hydrogens is 278 g/mol. The molecule has 1 atom stereocenters. The van der Waals surface area contributed by atoms with Gasteiger partial charge in [0.1, 0.15) is 17.6 Å². The van der Waals surface area contributed by atoms with Crippen molar-refractivity contribution < 1.29 is 14.7 Å². The number of nitrogens with zero attached hydrogens (tertiary/aromatic N) is 1. The molecule has 1 aromatic heterocycles. The Kier molecular flexibility index (Phi) is 4.98. The number of aromatic nitrogens is 1. The first-order chi connectivity index (χ1) is 9.69. The number of aliphatic hydroxyl groups is 1. The van der Waals surface area contributed by atoms with Crippen LogP contribution in [0.4, 0.5) is 10.6 Å². The van der Waals surface area contributed by atoms with Gasteiger partial charge in [0.25, 0.3) is 5.24 Å². The zero-order chi connectivity index (χ0) is 14.4. The fourth-order valence-electron chi connectivity index (χ4n) is 1.52. The van der Waals surface area contributed by atoms with Crippen LogP contribution in [0.1, 0.15) is 12.1 Å². The zero-order valence-electron chi connectivity index (χ0n) is 10.5. The second-order valence-electron chi connectivity index (χ2n) is 3.97. The summed E-state index contributed by atoms with van der Waals surface area (Å²) in [5, 5.41) is 13.7. The monoisotopic (exact) mass is 291 g/mol. The average molecular weight is 291 g/mol. The highest BCUT2D eigenvalue weighted by Crippen LogP contribution is 2.14. The van der Waals surface area contributed by atoms with Gasteiger partial charge >= 0.3 is 0 Å². The molecule has 1 fully saturated rings. The summed E-state index contributed by atoms with van der Waals surface area (Å²) in [4.78, 5) is 27.1. The molecule has 6 nitrogen and oxygen atoms in total. The molecule has 0 aliphatic carbocycles. The van der Waals surface area contributed by atoms with Gasteiger partial charge in [-0.25, -0.2) is 4.98 Å². The first-order valence-corrected chi connectivity index (χ1v) is 6.98. The molecule has 1 unspecified atom stereocenters. The fourth-order valence-corrected chi connectivity index (χ4v) is 2.30. The van der Waals surface area contributed by atoms with Crippen LogP contribution in [0.5, 0.6) is 0 Å². The second kappa shape index (κ2) is 6.93. The van der Waals surface area contributed by atoms with E-state index in [1.807, 2.05) is 0 Å². The summed E-state index contributed by atoms with van der Waals surface area (Å²) in [6.07, 6.45) is 0.379. The maximum atomic E-state index is 11.9. The molecule has 7 heteroatoms. The number of nitrogens with one attached hydrogen (secondary N) is 2. The van der Waals surface area contributed by atoms with Crippen LogP contribution in [0.3, 0.4) is 0 Å². The van der Waals surface area contributed by atoms with Gasteiger partial charge in [-0.05, 0) is 18.1 Å². The lowest BCUT2D eigenvalue weighted by atomic mass is 10.3. The highest BCUT2D eigenvalue weighted by Gasteiger charge is 2.28. The van der Waals surface area contributed by atoms with Crippen molar-refractivity contribution in [3.63, 3.8) is 0 Å². The lowest BCUT2D eigenvalue weighted by Gasteiger charge is -2.09. The minimum absolute atomic E-state index is 0.00245. The Bertz CT molecular complexity index is 580. The largest absolute Gasteiger partial charge is 0.395 e. The Hall–Kier alpha value is -2.04. The summed E-state index contributed by atoms with van der Waals surface area (Å²) in [7, 11) is 0. The van der Waals surface area contributed by atoms with Gasteiger partial charge in [-0.1, -0.05) is 23.7 Å². The average Bonchev–Trinajstić information content (AvgIpc) is 2.86. The van der Waals surface area contributed by atoms with E-state index in [-0.39, 0.29) is 17.8 Å². The van der Waals surface area contributed by atoms with E-state index < -0.39 is 6.04 Å². The van der Waals surface area contributed by atoms with Gasteiger partial charge in [-0.2, -0.15) is 0 Å². The molecule has 0 bridgehead atoms. The number of carbonyl (C=O) groups is 2. The van der Waals surface area contributed by atoms with Crippen LogP contribution >= 0.6 is 11.8 Å². The predicted octanol–water partition coefficient (Wildman–Crippen LogP) is 0.579. The Labute approximate surface area is 120 Å². The van der Waals surface area contributed by atoms with Crippen LogP contribution in [0, 0.1) is 11.8 Å². The van der Waals surface area contributed by atoms with Crippen molar-refractivity contribution in [3.8, 4) is 11.8 Å². The summed E-state index contributed by atoms with van der Waals surface area (Å²) in [6, 6.07) is 4.57. The third kappa shape index (κ3) is 3.98. The fraction of sp³-hybridized carbons (Fsp3) is 0.308. The maximum Gasteiger partial charge on any atom is 0.279 e. The molecule has 3 N–H and O–H groups in total. The van der Waals surface area contributed by atoms with Gasteiger partial charge in [-0.15, -0.1) is 0 Å². The molecule has 0 saturated carbocycles. The van der Waals surface area contributed by atoms with E-state index in [2.05, 4.69) is 27.5 Å². The van der Waals surface area contributed by atoms with Crippen LogP contribution in [-0.2, 0) is 4.79 Å². The number of hydrogen-bond acceptors (Lipinski definition) is 5. The lowest BCUT2D eigenvalue weighted by Crippen LogP contribution is -2.38. The van der Waals surface area contributed by atoms with E-state index in [1.54, 1.807) is 18.2 Å². The molecule has 2 heterocycles. The molecular formula is C13H13N3O3S. The highest BCUT2D eigenvalue weighted by molar-refractivity contribution is 8.14. The van der Waals surface area contributed by atoms with E-state index in [0.29, 0.717) is 23.7 Å². The summed E-state index contributed by atoms with van der Waals surface area (Å²) in [5.74, 6) is 6.06. The van der Waals surface area contributed by atoms with E-state index in [9.17, 15) is 9.59 Å². The van der Waals surface area contributed by atoms with Gasteiger partial charge in [-0.3, -0.25) is 9.59 Å². The van der Waals surface area contributed by atoms with Gasteiger partial charge in [0, 0.05) is 12.2 Å². The van der Waals surface area contributed by atoms with Crippen LogP contribution in [0.25, 0.3) is 0 Å². The number of pyridine rings is 1. The van der Waals surface area contributed by atoms with Crippen LogP contribution in [0.15, 0.2) is 18.2 Å². The molecule has 0 radical (unpaired) electrons. The third-order valence-corrected chi connectivity index (χ3v) is 3.32. The molecule has 1 aliphatic rings. The van der Waals surface area contributed by atoms with Crippen LogP contribution < -0.4 is 10.6 Å². The second-order valence-corrected chi connectivity index (χ2v) is 4.96. The van der Waals surface area contributed by atoms with Crippen molar-refractivity contribution in [3.05, 3.63) is 23.9 Å². The zero-order valence-corrected chi connectivity index (χ0v) is 11.4. The number of thioether (sulfide) groups is 1. The molecule has 1 aliphatic heterocycles. The van der Waals surface area contributed by atoms with Crippen molar-refractivity contribution in [2.75, 3.05) is 17.7 Å². The number of carbonyl (C=O) groups excluding carboxylic acids is 2. The molecule has 1 saturated heterocycles. The summed E-state index contributed by atoms with van der Waals surface area (Å²) in [6.45, 7) is 0.00245. The third-order valence-electron chi connectivity index (χ3n) is 2.44. The molecule has 2 rings (SSSR count). The van der Waals surface area contributed by atoms with Crippen molar-refractivity contribution in [1.29, 1.82) is 0 Å². The van der Waals surface area contributed by atoms with E-state index in [0.717, 1.165) is 11.8 Å². The molecule has 1 aromatic rings. The van der Waals surface area contributed by atoms with Crippen molar-refractivity contribution in [2.24, 2.45) is 0 Å². The van der Waals surface area contributed by atoms with Crippen molar-refractivity contribution >= 4 is 28.7 Å². The topological polar surface area (TPSA) is 91.3 Å². The number of anilines is 1. The quantitative estimate of drug-likeness (QED) is 0.709. The van der Waals surface area contributed by atoms with Gasteiger partial charge in [0.2, 0.25) is 5.91 Å². The minimum Gasteiger partial charge on any atom is -0.395 e. The van der Waals surface area contributed by atoms with Crippen molar-refractivity contribution in [1.82, 2.24) is 10.3 Å². The van der Waals surface area contributed by atoms with Gasteiger partial charge < -0.3 is 15.7 Å². The highest BCUT2D eigenvalue weighted by atomic mass is 32.2. The Morgan fingerprint density at radius 3 is 3.15 bits per heavy atom. The molecule has 0 spiro atoms. The van der Waals surface area contributed by atoms with E-state index >= 15 is 0 Å². The minimum atomic E-state index is -0.529. The standard InChI is InChI=1S/C13H13N3O3S/c17-7-2-1-4-9-5-3-6-11(14-9)16-12(18)10-8-20-13(19)15-10/h3,5-6,10,17H,2,7-8H2,(H,15,19)(H,14,16,18). The SMILES string of the molecule is O=C1NC(C(=O)Nc2cccc(C#CCCO)n2)CS1. The summed E-state index contributed by atoms with van der Waals surface area (Å²) in [5.41, 5.74) is 0.515. The Morgan fingerprint density at radius 2 is 2.45 bits per heavy atom. The summed E-state index contributed by atoms with van der Waals surface area (Å²) < 4.78 is 0. The Balaban J connectivity index is 1.99. The lowest BCUT2D eigenvalue weighted by molar-refractivity contribution is -0.117. The molecule has 2 amide bonds. The molecule has 20 heavy (non-hydrogen) atoms. The van der Waals surface area contributed by atoms with Crippen LogP contribution in [0.2, 0.25) is 0 Å². The molecule has 0 aromatic carbocycles. The predicted molar refractivity (Wildman–Crippen MR) is 76.2 cm³/mol. The van der Waals surface area contributed by atoms with Gasteiger partial charge in [0.15, 0.2) is 0 Å². The summed E-state index contributed by atoms with van der Waals surface area (Å²) >= 11 is 1.08. The molecule has 104 valence electrons. The van der Waals surface area contributed by atoms with Crippen molar-refractivity contribution in [2.45, 2.75) is 12.5 Å². The number of hydrogen-bond donors (Lipinski definition) is 3. The normalized spacial score (nSPS) is 17.1. The maximum absolute atomic E-state index is 11.9. The number of aliphatic hydroxyl groups excluding tert-OH is 1. The first-order valence-electron chi connectivity index (χ1n) is 6.00. The van der Waals surface area contributed by atoms with Gasteiger partial charge in [0.05, 0.1) is 6.61 Å².